The minimum Gasteiger partial charge on any atom is -0.508 e. The molecule has 1 saturated carbocycles. The van der Waals surface area contributed by atoms with Crippen LogP contribution in [0.1, 0.15) is 44.2 Å². The summed E-state index contributed by atoms with van der Waals surface area (Å²) in [7, 11) is 0. The second-order valence-corrected chi connectivity index (χ2v) is 5.53. The molecule has 3 atom stereocenters. The van der Waals surface area contributed by atoms with Gasteiger partial charge in [-0.2, -0.15) is 0 Å². The van der Waals surface area contributed by atoms with Gasteiger partial charge in [0.2, 0.25) is 0 Å². The van der Waals surface area contributed by atoms with Gasteiger partial charge in [-0.3, -0.25) is 4.79 Å². The van der Waals surface area contributed by atoms with Crippen molar-refractivity contribution in [3.63, 3.8) is 0 Å². The fraction of sp³-hybridized carbons (Fsp3) is 0.533. The summed E-state index contributed by atoms with van der Waals surface area (Å²) in [4.78, 5) is 11.1. The molecule has 3 unspecified atom stereocenters. The number of carboxylic acid groups (broad SMARTS) is 1. The first kappa shape index (κ1) is 14.7. The van der Waals surface area contributed by atoms with Gasteiger partial charge in [0, 0.05) is 23.7 Å². The molecule has 0 spiro atoms. The van der Waals surface area contributed by atoms with Gasteiger partial charge in [0.05, 0.1) is 5.92 Å². The maximum Gasteiger partial charge on any atom is 0.306 e. The average molecular weight is 279 g/mol. The van der Waals surface area contributed by atoms with Crippen LogP contribution in [0, 0.1) is 5.92 Å². The lowest BCUT2D eigenvalue weighted by atomic mass is 9.85. The molecule has 0 aromatic heterocycles. The third kappa shape index (κ3) is 3.42. The first-order valence-electron chi connectivity index (χ1n) is 6.98. The number of carboxylic acids is 1. The molecule has 0 saturated heterocycles. The number of aromatic hydroxyl groups is 2. The Morgan fingerprint density at radius 3 is 2.75 bits per heavy atom. The molecule has 0 aliphatic heterocycles. The topological polar surface area (TPSA) is 89.8 Å². The summed E-state index contributed by atoms with van der Waals surface area (Å²) in [5.41, 5.74) is 0.709. The summed E-state index contributed by atoms with van der Waals surface area (Å²) < 4.78 is 0. The van der Waals surface area contributed by atoms with E-state index >= 15 is 0 Å². The van der Waals surface area contributed by atoms with Crippen LogP contribution in [-0.4, -0.2) is 27.3 Å². The smallest absolute Gasteiger partial charge is 0.306 e. The Hall–Kier alpha value is -1.75. The lowest BCUT2D eigenvalue weighted by molar-refractivity contribution is -0.143. The number of rotatable bonds is 4. The third-order valence-electron chi connectivity index (χ3n) is 3.99. The highest BCUT2D eigenvalue weighted by Crippen LogP contribution is 2.30. The van der Waals surface area contributed by atoms with Crippen LogP contribution < -0.4 is 5.32 Å². The standard InChI is InChI=1S/C15H21NO4/c1-9(13-6-5-12(17)8-14(13)18)16-11-4-2-3-10(7-11)15(19)20/h5-6,8-11,16-18H,2-4,7H2,1H3,(H,19,20). The minimum atomic E-state index is -0.725. The molecule has 0 heterocycles. The highest BCUT2D eigenvalue weighted by Gasteiger charge is 2.28. The molecule has 5 heteroatoms. The molecule has 1 aliphatic rings. The number of benzene rings is 1. The molecule has 2 rings (SSSR count). The second-order valence-electron chi connectivity index (χ2n) is 5.53. The van der Waals surface area contributed by atoms with Gasteiger partial charge in [-0.05, 0) is 32.3 Å². The van der Waals surface area contributed by atoms with E-state index in [4.69, 9.17) is 5.11 Å². The van der Waals surface area contributed by atoms with Crippen LogP contribution in [0.3, 0.4) is 0 Å². The van der Waals surface area contributed by atoms with Gasteiger partial charge in [-0.1, -0.05) is 12.5 Å². The van der Waals surface area contributed by atoms with E-state index in [1.165, 1.54) is 12.1 Å². The van der Waals surface area contributed by atoms with Crippen molar-refractivity contribution < 1.29 is 20.1 Å². The predicted octanol–water partition coefficient (Wildman–Crippen LogP) is 2.39. The SMILES string of the molecule is CC(NC1CCCC(C(=O)O)C1)c1ccc(O)cc1O. The average Bonchev–Trinajstić information content (AvgIpc) is 2.38. The fourth-order valence-corrected chi connectivity index (χ4v) is 2.91. The number of phenols is 2. The molecule has 1 aromatic rings. The van der Waals surface area contributed by atoms with Gasteiger partial charge >= 0.3 is 5.97 Å². The van der Waals surface area contributed by atoms with Crippen LogP contribution in [0.4, 0.5) is 0 Å². The number of nitrogens with one attached hydrogen (secondary N) is 1. The van der Waals surface area contributed by atoms with E-state index in [9.17, 15) is 15.0 Å². The van der Waals surface area contributed by atoms with Crippen LogP contribution in [0.2, 0.25) is 0 Å². The normalized spacial score (nSPS) is 24.2. The van der Waals surface area contributed by atoms with Crippen molar-refractivity contribution in [3.05, 3.63) is 23.8 Å². The number of hydrogen-bond donors (Lipinski definition) is 4. The molecule has 4 N–H and O–H groups in total. The molecule has 20 heavy (non-hydrogen) atoms. The first-order valence-corrected chi connectivity index (χ1v) is 6.98. The van der Waals surface area contributed by atoms with Crippen molar-refractivity contribution in [2.75, 3.05) is 0 Å². The zero-order valence-electron chi connectivity index (χ0n) is 11.5. The van der Waals surface area contributed by atoms with E-state index in [0.717, 1.165) is 19.3 Å². The Labute approximate surface area is 118 Å². The summed E-state index contributed by atoms with van der Waals surface area (Å²) in [6.07, 6.45) is 3.22. The maximum absolute atomic E-state index is 11.1. The molecule has 1 aromatic carbocycles. The fourth-order valence-electron chi connectivity index (χ4n) is 2.91. The first-order chi connectivity index (χ1) is 9.47. The van der Waals surface area contributed by atoms with Crippen LogP contribution in [0.25, 0.3) is 0 Å². The van der Waals surface area contributed by atoms with Crippen molar-refractivity contribution in [1.82, 2.24) is 5.32 Å². The number of aliphatic carboxylic acids is 1. The van der Waals surface area contributed by atoms with Crippen LogP contribution in [0.15, 0.2) is 18.2 Å². The predicted molar refractivity (Wildman–Crippen MR) is 74.7 cm³/mol. The summed E-state index contributed by atoms with van der Waals surface area (Å²) in [6, 6.07) is 4.59. The van der Waals surface area contributed by atoms with Crippen LogP contribution in [0.5, 0.6) is 11.5 Å². The molecule has 0 amide bonds. The highest BCUT2D eigenvalue weighted by molar-refractivity contribution is 5.70. The molecular formula is C15H21NO4. The van der Waals surface area contributed by atoms with Gasteiger partial charge < -0.3 is 20.6 Å². The van der Waals surface area contributed by atoms with Gasteiger partial charge in [-0.25, -0.2) is 0 Å². The van der Waals surface area contributed by atoms with E-state index in [2.05, 4.69) is 5.32 Å². The zero-order chi connectivity index (χ0) is 14.7. The quantitative estimate of drug-likeness (QED) is 0.679. The number of phenolic OH excluding ortho intramolecular Hbond substituents is 2. The zero-order valence-corrected chi connectivity index (χ0v) is 11.5. The summed E-state index contributed by atoms with van der Waals surface area (Å²) >= 11 is 0. The van der Waals surface area contributed by atoms with E-state index in [-0.39, 0.29) is 29.5 Å². The highest BCUT2D eigenvalue weighted by atomic mass is 16.4. The summed E-state index contributed by atoms with van der Waals surface area (Å²) in [6.45, 7) is 1.93. The van der Waals surface area contributed by atoms with Gasteiger partial charge in [0.25, 0.3) is 0 Å². The van der Waals surface area contributed by atoms with Gasteiger partial charge in [-0.15, -0.1) is 0 Å². The Morgan fingerprint density at radius 1 is 1.35 bits per heavy atom. The molecule has 0 bridgehead atoms. The van der Waals surface area contributed by atoms with Crippen molar-refractivity contribution >= 4 is 5.97 Å². The Morgan fingerprint density at radius 2 is 2.10 bits per heavy atom. The van der Waals surface area contributed by atoms with Crippen molar-refractivity contribution in [1.29, 1.82) is 0 Å². The van der Waals surface area contributed by atoms with Gasteiger partial charge in [0.15, 0.2) is 0 Å². The lowest BCUT2D eigenvalue weighted by Crippen LogP contribution is -2.37. The monoisotopic (exact) mass is 279 g/mol. The third-order valence-corrected chi connectivity index (χ3v) is 3.99. The summed E-state index contributed by atoms with van der Waals surface area (Å²) in [5.74, 6) is -0.920. The largest absolute Gasteiger partial charge is 0.508 e. The molecule has 110 valence electrons. The van der Waals surface area contributed by atoms with Crippen molar-refractivity contribution in [2.45, 2.75) is 44.7 Å². The Balaban J connectivity index is 2.00. The molecule has 5 nitrogen and oxygen atoms in total. The molecule has 1 fully saturated rings. The number of hydrogen-bond acceptors (Lipinski definition) is 4. The molecular weight excluding hydrogens is 258 g/mol. The van der Waals surface area contributed by atoms with E-state index in [1.54, 1.807) is 6.07 Å². The minimum absolute atomic E-state index is 0.0297. The van der Waals surface area contributed by atoms with Gasteiger partial charge in [0.1, 0.15) is 11.5 Å². The Bertz CT molecular complexity index is 489. The lowest BCUT2D eigenvalue weighted by Gasteiger charge is -2.30. The van der Waals surface area contributed by atoms with E-state index in [0.29, 0.717) is 12.0 Å². The van der Waals surface area contributed by atoms with Crippen LogP contribution >= 0.6 is 0 Å². The maximum atomic E-state index is 11.1. The molecule has 1 aliphatic carbocycles. The van der Waals surface area contributed by atoms with E-state index < -0.39 is 5.97 Å². The number of carbonyl (C=O) groups is 1. The van der Waals surface area contributed by atoms with Crippen molar-refractivity contribution in [2.24, 2.45) is 5.92 Å². The van der Waals surface area contributed by atoms with Crippen LogP contribution in [-0.2, 0) is 4.79 Å². The second kappa shape index (κ2) is 6.13. The van der Waals surface area contributed by atoms with E-state index in [1.807, 2.05) is 6.92 Å². The van der Waals surface area contributed by atoms with Crippen molar-refractivity contribution in [3.8, 4) is 11.5 Å². The molecule has 0 radical (unpaired) electrons. The Kier molecular flexibility index (Phi) is 4.49. The summed E-state index contributed by atoms with van der Waals surface area (Å²) in [5, 5.41) is 31.6.